The molecular weight excluding hydrogens is 293 g/mol. The van der Waals surface area contributed by atoms with Crippen LogP contribution in [0.2, 0.25) is 0 Å². The molecule has 21 heavy (non-hydrogen) atoms. The maximum Gasteiger partial charge on any atom is 0.268 e. The van der Waals surface area contributed by atoms with Gasteiger partial charge in [-0.1, -0.05) is 0 Å². The smallest absolute Gasteiger partial charge is 0.268 e. The van der Waals surface area contributed by atoms with Crippen LogP contribution in [-0.2, 0) is 13.2 Å². The van der Waals surface area contributed by atoms with Crippen molar-refractivity contribution in [3.05, 3.63) is 57.2 Å². The van der Waals surface area contributed by atoms with Crippen LogP contribution >= 0.6 is 11.3 Å². The monoisotopic (exact) mass is 305 g/mol. The van der Waals surface area contributed by atoms with E-state index in [0.717, 1.165) is 0 Å². The number of nitrogens with two attached hydrogens (primary N) is 1. The third-order valence-corrected chi connectivity index (χ3v) is 3.87. The summed E-state index contributed by atoms with van der Waals surface area (Å²) in [4.78, 5) is 18.8. The Morgan fingerprint density at radius 2 is 2.24 bits per heavy atom. The van der Waals surface area contributed by atoms with Crippen LogP contribution in [0.1, 0.15) is 11.4 Å². The second-order valence-corrected chi connectivity index (χ2v) is 5.31. The van der Waals surface area contributed by atoms with E-state index in [9.17, 15) is 9.18 Å². The van der Waals surface area contributed by atoms with Crippen LogP contribution in [0.25, 0.3) is 10.2 Å². The number of benzene rings is 1. The lowest BCUT2D eigenvalue weighted by molar-refractivity contribution is 0.292. The Morgan fingerprint density at radius 1 is 1.38 bits per heavy atom. The van der Waals surface area contributed by atoms with E-state index in [1.165, 1.54) is 29.5 Å². The van der Waals surface area contributed by atoms with Gasteiger partial charge in [-0.3, -0.25) is 4.79 Å². The molecule has 0 fully saturated rings. The normalized spacial score (nSPS) is 11.0. The van der Waals surface area contributed by atoms with Crippen LogP contribution in [0, 0.1) is 5.82 Å². The van der Waals surface area contributed by atoms with E-state index in [4.69, 9.17) is 10.5 Å². The van der Waals surface area contributed by atoms with Crippen LogP contribution in [-0.4, -0.2) is 9.97 Å². The summed E-state index contributed by atoms with van der Waals surface area (Å²) in [5.74, 6) is 0.527. The molecule has 5 nitrogen and oxygen atoms in total. The SMILES string of the molecule is NCc1cc(F)ccc1OCc1nc2ccsc2c(=O)[nH]1. The highest BCUT2D eigenvalue weighted by molar-refractivity contribution is 7.17. The lowest BCUT2D eigenvalue weighted by atomic mass is 10.2. The average molecular weight is 305 g/mol. The molecule has 0 aliphatic carbocycles. The van der Waals surface area contributed by atoms with E-state index in [1.807, 2.05) is 5.38 Å². The summed E-state index contributed by atoms with van der Waals surface area (Å²) in [7, 11) is 0. The van der Waals surface area contributed by atoms with Gasteiger partial charge in [0.2, 0.25) is 0 Å². The van der Waals surface area contributed by atoms with E-state index in [0.29, 0.717) is 27.4 Å². The first-order valence-electron chi connectivity index (χ1n) is 6.25. The number of H-pyrrole nitrogens is 1. The van der Waals surface area contributed by atoms with Gasteiger partial charge >= 0.3 is 0 Å². The number of halogens is 1. The summed E-state index contributed by atoms with van der Waals surface area (Å²) in [5, 5.41) is 1.81. The molecule has 0 bridgehead atoms. The molecule has 0 spiro atoms. The minimum Gasteiger partial charge on any atom is -0.485 e. The van der Waals surface area contributed by atoms with Crippen LogP contribution in [0.3, 0.4) is 0 Å². The minimum absolute atomic E-state index is 0.0830. The van der Waals surface area contributed by atoms with Crippen LogP contribution in [0.5, 0.6) is 5.75 Å². The van der Waals surface area contributed by atoms with Gasteiger partial charge in [0.15, 0.2) is 0 Å². The van der Waals surface area contributed by atoms with Gasteiger partial charge in [0.25, 0.3) is 5.56 Å². The number of nitrogens with zero attached hydrogens (tertiary/aromatic N) is 1. The minimum atomic E-state index is -0.367. The van der Waals surface area contributed by atoms with Crippen molar-refractivity contribution in [1.82, 2.24) is 9.97 Å². The number of thiophene rings is 1. The topological polar surface area (TPSA) is 81.0 Å². The van der Waals surface area contributed by atoms with Gasteiger partial charge in [-0.25, -0.2) is 9.37 Å². The highest BCUT2D eigenvalue weighted by atomic mass is 32.1. The van der Waals surface area contributed by atoms with E-state index in [2.05, 4.69) is 9.97 Å². The molecule has 0 aliphatic heterocycles. The van der Waals surface area contributed by atoms with Gasteiger partial charge in [-0.05, 0) is 29.6 Å². The summed E-state index contributed by atoms with van der Waals surface area (Å²) < 4.78 is 19.3. The second-order valence-electron chi connectivity index (χ2n) is 4.39. The number of ether oxygens (including phenoxy) is 1. The van der Waals surface area contributed by atoms with Crippen molar-refractivity contribution in [1.29, 1.82) is 0 Å². The molecule has 2 heterocycles. The molecular formula is C14H12FN3O2S. The zero-order valence-electron chi connectivity index (χ0n) is 10.9. The number of aromatic nitrogens is 2. The van der Waals surface area contributed by atoms with Crippen molar-refractivity contribution in [2.75, 3.05) is 0 Å². The summed E-state index contributed by atoms with van der Waals surface area (Å²) in [6.45, 7) is 0.250. The van der Waals surface area contributed by atoms with E-state index in [-0.39, 0.29) is 24.5 Å². The number of rotatable bonds is 4. The van der Waals surface area contributed by atoms with Crippen molar-refractivity contribution in [3.8, 4) is 5.75 Å². The lowest BCUT2D eigenvalue weighted by Gasteiger charge is -2.10. The van der Waals surface area contributed by atoms with Gasteiger partial charge < -0.3 is 15.5 Å². The number of aromatic amines is 1. The number of hydrogen-bond acceptors (Lipinski definition) is 5. The quantitative estimate of drug-likeness (QED) is 0.774. The Labute approximate surface area is 123 Å². The summed E-state index contributed by atoms with van der Waals surface area (Å²) in [6.07, 6.45) is 0. The Balaban J connectivity index is 1.85. The van der Waals surface area contributed by atoms with Gasteiger partial charge in [-0.2, -0.15) is 0 Å². The number of nitrogens with one attached hydrogen (secondary N) is 1. The van der Waals surface area contributed by atoms with Gasteiger partial charge in [0.05, 0.1) is 5.52 Å². The molecule has 3 N–H and O–H groups in total. The van der Waals surface area contributed by atoms with Crippen molar-refractivity contribution in [3.63, 3.8) is 0 Å². The highest BCUT2D eigenvalue weighted by Crippen LogP contribution is 2.20. The highest BCUT2D eigenvalue weighted by Gasteiger charge is 2.08. The van der Waals surface area contributed by atoms with E-state index < -0.39 is 0 Å². The van der Waals surface area contributed by atoms with Gasteiger partial charge in [0.1, 0.15) is 28.7 Å². The molecule has 0 amide bonds. The molecule has 7 heteroatoms. The molecule has 0 aliphatic rings. The van der Waals surface area contributed by atoms with Crippen LogP contribution in [0.4, 0.5) is 4.39 Å². The fourth-order valence-corrected chi connectivity index (χ4v) is 2.71. The first-order chi connectivity index (χ1) is 10.2. The van der Waals surface area contributed by atoms with Gasteiger partial charge in [-0.15, -0.1) is 11.3 Å². The van der Waals surface area contributed by atoms with Crippen LogP contribution in [0.15, 0.2) is 34.4 Å². The van der Waals surface area contributed by atoms with Crippen molar-refractivity contribution < 1.29 is 9.13 Å². The Kier molecular flexibility index (Phi) is 3.68. The first kappa shape index (κ1) is 13.7. The Hall–Kier alpha value is -2.25. The first-order valence-corrected chi connectivity index (χ1v) is 7.13. The Morgan fingerprint density at radius 3 is 3.05 bits per heavy atom. The third kappa shape index (κ3) is 2.79. The fraction of sp³-hybridized carbons (Fsp3) is 0.143. The standard InChI is InChI=1S/C14H12FN3O2S/c15-9-1-2-11(8(5-9)6-16)20-7-12-17-10-3-4-21-13(10)14(19)18-12/h1-5H,6-7,16H2,(H,17,18,19). The molecule has 108 valence electrons. The second kappa shape index (κ2) is 5.63. The lowest BCUT2D eigenvalue weighted by Crippen LogP contribution is -2.13. The fourth-order valence-electron chi connectivity index (χ4n) is 1.98. The predicted molar refractivity (Wildman–Crippen MR) is 78.9 cm³/mol. The molecule has 3 aromatic rings. The molecule has 0 saturated carbocycles. The predicted octanol–water partition coefficient (Wildman–Crippen LogP) is 2.16. The zero-order chi connectivity index (χ0) is 14.8. The largest absolute Gasteiger partial charge is 0.485 e. The zero-order valence-corrected chi connectivity index (χ0v) is 11.7. The van der Waals surface area contributed by atoms with Crippen molar-refractivity contribution >= 4 is 21.6 Å². The van der Waals surface area contributed by atoms with Crippen molar-refractivity contribution in [2.24, 2.45) is 5.73 Å². The molecule has 1 aromatic carbocycles. The summed E-state index contributed by atoms with van der Waals surface area (Å²) in [5.41, 5.74) is 6.57. The number of fused-ring (bicyclic) bond motifs is 1. The summed E-state index contributed by atoms with van der Waals surface area (Å²) >= 11 is 1.34. The molecule has 2 aromatic heterocycles. The Bertz CT molecular complexity index is 844. The van der Waals surface area contributed by atoms with E-state index in [1.54, 1.807) is 6.07 Å². The van der Waals surface area contributed by atoms with Gasteiger partial charge in [0, 0.05) is 12.1 Å². The van der Waals surface area contributed by atoms with Crippen molar-refractivity contribution in [2.45, 2.75) is 13.2 Å². The third-order valence-electron chi connectivity index (χ3n) is 2.97. The molecule has 0 atom stereocenters. The van der Waals surface area contributed by atoms with Crippen LogP contribution < -0.4 is 16.0 Å². The molecule has 0 saturated heterocycles. The maximum atomic E-state index is 13.1. The van der Waals surface area contributed by atoms with E-state index >= 15 is 0 Å². The number of hydrogen-bond donors (Lipinski definition) is 2. The molecule has 0 unspecified atom stereocenters. The molecule has 3 rings (SSSR count). The summed E-state index contributed by atoms with van der Waals surface area (Å²) in [6, 6.07) is 5.92. The maximum absolute atomic E-state index is 13.1. The molecule has 0 radical (unpaired) electrons. The average Bonchev–Trinajstić information content (AvgIpc) is 2.94.